The topological polar surface area (TPSA) is 99.1 Å². The molecule has 0 unspecified atom stereocenters. The fraction of sp³-hybridized carbons (Fsp3) is 0.300. The second-order valence-corrected chi connectivity index (χ2v) is 3.19. The van der Waals surface area contributed by atoms with Crippen molar-refractivity contribution in [2.24, 2.45) is 0 Å². The number of aromatic nitrogens is 2. The number of nitrogen functional groups attached to an aromatic ring is 1. The van der Waals surface area contributed by atoms with Gasteiger partial charge in [-0.25, -0.2) is 13.8 Å². The molecule has 8 heteroatoms. The molecule has 2 aromatic heterocycles. The lowest BCUT2D eigenvalue weighted by molar-refractivity contribution is -0.191. The summed E-state index contributed by atoms with van der Waals surface area (Å²) in [5.74, 6) is 0.174. The minimum Gasteiger partial charge on any atom is -0.380 e. The highest BCUT2D eigenvalue weighted by Gasteiger charge is 2.18. The summed E-state index contributed by atoms with van der Waals surface area (Å²) in [7, 11) is 0. The molecule has 2 aromatic rings. The Hall–Kier alpha value is -2.34. The van der Waals surface area contributed by atoms with Gasteiger partial charge in [-0.15, -0.1) is 0 Å². The summed E-state index contributed by atoms with van der Waals surface area (Å²) in [5, 5.41) is 3.95. The quantitative estimate of drug-likeness (QED) is 0.879. The van der Waals surface area contributed by atoms with E-state index in [-0.39, 0.29) is 23.4 Å². The van der Waals surface area contributed by atoms with Crippen molar-refractivity contribution < 1.29 is 22.9 Å². The maximum absolute atomic E-state index is 12.6. The highest BCUT2D eigenvalue weighted by molar-refractivity contribution is 5.84. The molecule has 2 heterocycles. The number of pyridine rings is 1. The molecule has 0 aliphatic carbocycles. The average molecular weight is 257 g/mol. The van der Waals surface area contributed by atoms with Crippen molar-refractivity contribution in [3.8, 4) is 0 Å². The highest BCUT2D eigenvalue weighted by atomic mass is 19.3. The maximum Gasteiger partial charge on any atom is 0.373 e. The van der Waals surface area contributed by atoms with Gasteiger partial charge in [0.15, 0.2) is 5.82 Å². The van der Waals surface area contributed by atoms with Gasteiger partial charge in [0.1, 0.15) is 5.69 Å². The van der Waals surface area contributed by atoms with Gasteiger partial charge in [0, 0.05) is 0 Å². The maximum atomic E-state index is 12.6. The van der Waals surface area contributed by atoms with E-state index in [0.29, 0.717) is 17.4 Å². The molecule has 96 valence electrons. The van der Waals surface area contributed by atoms with E-state index in [0.717, 1.165) is 0 Å². The number of anilines is 1. The third-order valence-corrected chi connectivity index (χ3v) is 2.19. The summed E-state index contributed by atoms with van der Waals surface area (Å²) in [6, 6.07) is 1.55. The molecule has 0 spiro atoms. The van der Waals surface area contributed by atoms with Crippen LogP contribution < -0.4 is 5.73 Å². The molecular weight excluding hydrogens is 248 g/mol. The number of fused-ring (bicyclic) bond motifs is 1. The lowest BCUT2D eigenvalue weighted by atomic mass is 10.1. The van der Waals surface area contributed by atoms with Crippen LogP contribution in [0.3, 0.4) is 0 Å². The number of carbonyl (C=O) groups excluding carboxylic acids is 2. The van der Waals surface area contributed by atoms with Crippen LogP contribution in [0.1, 0.15) is 24.6 Å². The molecule has 2 N–H and O–H groups in total. The Kier molecular flexibility index (Phi) is 4.45. The first-order valence-corrected chi connectivity index (χ1v) is 4.87. The summed E-state index contributed by atoms with van der Waals surface area (Å²) in [4.78, 5) is 20.0. The molecule has 0 atom stereocenters. The molecule has 18 heavy (non-hydrogen) atoms. The van der Waals surface area contributed by atoms with Gasteiger partial charge in [-0.2, -0.15) is 9.59 Å². The van der Waals surface area contributed by atoms with Gasteiger partial charge in [0.05, 0.1) is 5.39 Å². The molecular formula is C10H9F2N3O3. The molecule has 0 saturated heterocycles. The number of rotatable bonds is 2. The van der Waals surface area contributed by atoms with E-state index in [1.165, 1.54) is 0 Å². The van der Waals surface area contributed by atoms with Crippen molar-refractivity contribution in [1.29, 1.82) is 0 Å². The zero-order valence-corrected chi connectivity index (χ0v) is 9.31. The van der Waals surface area contributed by atoms with Crippen LogP contribution in [-0.4, -0.2) is 16.3 Å². The van der Waals surface area contributed by atoms with E-state index < -0.39 is 6.43 Å². The standard InChI is InChI=1S/C9H9F2N3O.CO2/c1-2-4-3-5-8(12)14-15-9(5)13-6(4)7(10)11;2-1-3/h3,7H,2H2,1H3,(H2,12,14);. The van der Waals surface area contributed by atoms with Crippen LogP contribution in [0.2, 0.25) is 0 Å². The Labute approximate surface area is 99.8 Å². The summed E-state index contributed by atoms with van der Waals surface area (Å²) >= 11 is 0. The van der Waals surface area contributed by atoms with Crippen molar-refractivity contribution in [3.05, 3.63) is 17.3 Å². The molecule has 0 aliphatic rings. The van der Waals surface area contributed by atoms with Crippen molar-refractivity contribution >= 4 is 23.1 Å². The first-order valence-electron chi connectivity index (χ1n) is 4.87. The number of halogens is 2. The number of hydrogen-bond donors (Lipinski definition) is 1. The largest absolute Gasteiger partial charge is 0.380 e. The third-order valence-electron chi connectivity index (χ3n) is 2.19. The lowest BCUT2D eigenvalue weighted by Crippen LogP contribution is -1.97. The molecule has 0 bridgehead atoms. The fourth-order valence-electron chi connectivity index (χ4n) is 1.42. The zero-order valence-electron chi connectivity index (χ0n) is 9.31. The van der Waals surface area contributed by atoms with E-state index in [2.05, 4.69) is 10.1 Å². The number of alkyl halides is 2. The Morgan fingerprint density at radius 3 is 2.61 bits per heavy atom. The molecule has 0 aliphatic heterocycles. The second-order valence-electron chi connectivity index (χ2n) is 3.19. The molecule has 0 saturated carbocycles. The van der Waals surface area contributed by atoms with E-state index in [1.54, 1.807) is 13.0 Å². The van der Waals surface area contributed by atoms with E-state index in [9.17, 15) is 8.78 Å². The van der Waals surface area contributed by atoms with E-state index >= 15 is 0 Å². The Bertz CT molecular complexity index is 577. The smallest absolute Gasteiger partial charge is 0.373 e. The Balaban J connectivity index is 0.000000492. The van der Waals surface area contributed by atoms with Gasteiger partial charge in [-0.1, -0.05) is 12.1 Å². The zero-order chi connectivity index (χ0) is 13.7. The molecule has 0 amide bonds. The van der Waals surface area contributed by atoms with E-state index in [1.807, 2.05) is 0 Å². The second kappa shape index (κ2) is 5.83. The first-order chi connectivity index (χ1) is 8.54. The summed E-state index contributed by atoms with van der Waals surface area (Å²) < 4.78 is 29.9. The van der Waals surface area contributed by atoms with Crippen molar-refractivity contribution in [2.75, 3.05) is 5.73 Å². The summed E-state index contributed by atoms with van der Waals surface area (Å²) in [6.07, 6.45) is -1.90. The van der Waals surface area contributed by atoms with Gasteiger partial charge in [0.2, 0.25) is 0 Å². The SMILES string of the molecule is CCc1cc2c(N)noc2nc1C(F)F.O=C=O. The van der Waals surface area contributed by atoms with Crippen molar-refractivity contribution in [3.63, 3.8) is 0 Å². The van der Waals surface area contributed by atoms with Crippen LogP contribution in [0.4, 0.5) is 14.6 Å². The molecule has 6 nitrogen and oxygen atoms in total. The average Bonchev–Trinajstić information content (AvgIpc) is 2.70. The van der Waals surface area contributed by atoms with E-state index in [4.69, 9.17) is 19.8 Å². The van der Waals surface area contributed by atoms with Gasteiger partial charge in [-0.05, 0) is 18.1 Å². The highest BCUT2D eigenvalue weighted by Crippen LogP contribution is 2.27. The van der Waals surface area contributed by atoms with Crippen LogP contribution >= 0.6 is 0 Å². The summed E-state index contributed by atoms with van der Waals surface area (Å²) in [5.41, 5.74) is 5.75. The van der Waals surface area contributed by atoms with Crippen LogP contribution in [0.15, 0.2) is 10.6 Å². The molecule has 0 radical (unpaired) electrons. The predicted octanol–water partition coefficient (Wildman–Crippen LogP) is 1.72. The number of nitrogens with two attached hydrogens (primary N) is 1. The molecule has 0 fully saturated rings. The van der Waals surface area contributed by atoms with Gasteiger partial charge in [-0.3, -0.25) is 0 Å². The van der Waals surface area contributed by atoms with Crippen molar-refractivity contribution in [1.82, 2.24) is 10.1 Å². The van der Waals surface area contributed by atoms with Crippen LogP contribution in [0.25, 0.3) is 11.1 Å². The first kappa shape index (κ1) is 13.7. The molecule has 0 aromatic carbocycles. The van der Waals surface area contributed by atoms with Crippen LogP contribution in [-0.2, 0) is 16.0 Å². The lowest BCUT2D eigenvalue weighted by Gasteiger charge is -2.04. The predicted molar refractivity (Wildman–Crippen MR) is 55.6 cm³/mol. The van der Waals surface area contributed by atoms with Gasteiger partial charge >= 0.3 is 6.15 Å². The summed E-state index contributed by atoms with van der Waals surface area (Å²) in [6.45, 7) is 1.78. The van der Waals surface area contributed by atoms with Gasteiger partial charge < -0.3 is 10.3 Å². The number of aryl methyl sites for hydroxylation is 1. The fourth-order valence-corrected chi connectivity index (χ4v) is 1.42. The van der Waals surface area contributed by atoms with Crippen molar-refractivity contribution in [2.45, 2.75) is 19.8 Å². The Morgan fingerprint density at radius 2 is 2.11 bits per heavy atom. The Morgan fingerprint density at radius 1 is 1.50 bits per heavy atom. The van der Waals surface area contributed by atoms with Gasteiger partial charge in [0.25, 0.3) is 12.1 Å². The number of nitrogens with zero attached hydrogens (tertiary/aromatic N) is 2. The van der Waals surface area contributed by atoms with Crippen LogP contribution in [0.5, 0.6) is 0 Å². The van der Waals surface area contributed by atoms with Crippen LogP contribution in [0, 0.1) is 0 Å². The monoisotopic (exact) mass is 257 g/mol. The molecule has 2 rings (SSSR count). The number of hydrogen-bond acceptors (Lipinski definition) is 6. The normalized spacial score (nSPS) is 10.0. The minimum atomic E-state index is -2.62. The third kappa shape index (κ3) is 2.67. The minimum absolute atomic E-state index is 0.0556.